The Balaban J connectivity index is 2.08. The van der Waals surface area contributed by atoms with Crippen molar-refractivity contribution in [1.29, 1.82) is 0 Å². The van der Waals surface area contributed by atoms with Crippen LogP contribution in [-0.2, 0) is 17.9 Å². The van der Waals surface area contributed by atoms with Gasteiger partial charge in [0.25, 0.3) is 0 Å². The molecule has 0 spiro atoms. The van der Waals surface area contributed by atoms with E-state index in [0.717, 1.165) is 6.42 Å². The van der Waals surface area contributed by atoms with E-state index in [-0.39, 0.29) is 5.91 Å². The molecule has 3 nitrogen and oxygen atoms in total. The maximum absolute atomic E-state index is 12.6. The van der Waals surface area contributed by atoms with Crippen LogP contribution in [0.4, 0.5) is 0 Å². The number of nitrogens with zero attached hydrogens (tertiary/aromatic N) is 1. The first-order chi connectivity index (χ1) is 10.1. The van der Waals surface area contributed by atoms with Crippen molar-refractivity contribution in [2.75, 3.05) is 0 Å². The highest BCUT2D eigenvalue weighted by Crippen LogP contribution is 2.18. The van der Waals surface area contributed by atoms with Crippen molar-refractivity contribution in [3.63, 3.8) is 0 Å². The quantitative estimate of drug-likeness (QED) is 0.844. The number of carbonyl (C=O) groups excluding carboxylic acids is 1. The molecular weight excluding hydrogens is 300 g/mol. The first kappa shape index (κ1) is 16.2. The van der Waals surface area contributed by atoms with E-state index in [2.05, 4.69) is 26.0 Å². The Kier molecular flexibility index (Phi) is 5.96. The summed E-state index contributed by atoms with van der Waals surface area (Å²) in [6.45, 7) is 5.46. The fourth-order valence-corrected chi connectivity index (χ4v) is 3.68. The summed E-state index contributed by atoms with van der Waals surface area (Å²) in [7, 11) is 0. The first-order valence-electron chi connectivity index (χ1n) is 7.15. The molecule has 0 aliphatic rings. The molecule has 0 bridgehead atoms. The lowest BCUT2D eigenvalue weighted by molar-refractivity contribution is -0.134. The summed E-state index contributed by atoms with van der Waals surface area (Å²) in [4.78, 5) is 16.9. The van der Waals surface area contributed by atoms with Crippen molar-refractivity contribution in [1.82, 2.24) is 4.90 Å². The molecule has 0 saturated heterocycles. The van der Waals surface area contributed by atoms with Crippen LogP contribution in [0.25, 0.3) is 0 Å². The summed E-state index contributed by atoms with van der Waals surface area (Å²) in [6, 6.07) is 7.75. The van der Waals surface area contributed by atoms with Crippen LogP contribution in [0.1, 0.15) is 30.0 Å². The Morgan fingerprint density at radius 2 is 1.67 bits per heavy atom. The topological polar surface area (TPSA) is 46.3 Å². The minimum atomic E-state index is -0.412. The molecule has 0 aliphatic heterocycles. The molecule has 0 aromatic carbocycles. The molecule has 1 unspecified atom stereocenters. The van der Waals surface area contributed by atoms with Gasteiger partial charge in [-0.3, -0.25) is 4.79 Å². The number of hydrogen-bond donors (Lipinski definition) is 1. The zero-order valence-electron chi connectivity index (χ0n) is 12.5. The molecule has 2 N–H and O–H groups in total. The van der Waals surface area contributed by atoms with Crippen molar-refractivity contribution in [2.45, 2.75) is 39.4 Å². The number of carbonyl (C=O) groups is 1. The normalized spacial score (nSPS) is 12.6. The van der Waals surface area contributed by atoms with Crippen LogP contribution >= 0.6 is 22.7 Å². The minimum absolute atomic E-state index is 0.0468. The Morgan fingerprint density at radius 1 is 1.14 bits per heavy atom. The molecule has 1 amide bonds. The van der Waals surface area contributed by atoms with Crippen molar-refractivity contribution in [3.8, 4) is 0 Å². The van der Waals surface area contributed by atoms with E-state index >= 15 is 0 Å². The average Bonchev–Trinajstić information content (AvgIpc) is 3.09. The van der Waals surface area contributed by atoms with E-state index in [0.29, 0.717) is 19.0 Å². The van der Waals surface area contributed by atoms with Gasteiger partial charge < -0.3 is 10.6 Å². The molecule has 0 radical (unpaired) electrons. The monoisotopic (exact) mass is 322 g/mol. The predicted octanol–water partition coefficient (Wildman–Crippen LogP) is 3.71. The van der Waals surface area contributed by atoms with Crippen molar-refractivity contribution in [3.05, 3.63) is 44.8 Å². The largest absolute Gasteiger partial charge is 0.331 e. The number of rotatable bonds is 7. The summed E-state index contributed by atoms with van der Waals surface area (Å²) in [6.07, 6.45) is 0.726. The highest BCUT2D eigenvalue weighted by atomic mass is 32.1. The highest BCUT2D eigenvalue weighted by molar-refractivity contribution is 7.10. The molecule has 1 atom stereocenters. The molecule has 2 heterocycles. The van der Waals surface area contributed by atoms with Gasteiger partial charge in [-0.15, -0.1) is 22.7 Å². The SMILES string of the molecule is CC(C)CC(N)C(=O)N(Cc1cccs1)Cc1cccs1. The van der Waals surface area contributed by atoms with Crippen LogP contribution in [0.5, 0.6) is 0 Å². The van der Waals surface area contributed by atoms with E-state index in [1.165, 1.54) is 9.75 Å². The smallest absolute Gasteiger partial charge is 0.240 e. The van der Waals surface area contributed by atoms with E-state index in [9.17, 15) is 4.79 Å². The van der Waals surface area contributed by atoms with E-state index < -0.39 is 6.04 Å². The fourth-order valence-electron chi connectivity index (χ4n) is 2.24. The van der Waals surface area contributed by atoms with Crippen LogP contribution in [0, 0.1) is 5.92 Å². The second-order valence-corrected chi connectivity index (χ2v) is 7.65. The zero-order chi connectivity index (χ0) is 15.2. The second-order valence-electron chi connectivity index (χ2n) is 5.59. The average molecular weight is 322 g/mol. The summed E-state index contributed by atoms with van der Waals surface area (Å²) in [5.41, 5.74) is 6.09. The molecule has 2 aromatic rings. The Bertz CT molecular complexity index is 498. The van der Waals surface area contributed by atoms with Gasteiger partial charge in [0.1, 0.15) is 0 Å². The maximum atomic E-state index is 12.6. The summed E-state index contributed by atoms with van der Waals surface area (Å²) < 4.78 is 0. The van der Waals surface area contributed by atoms with Crippen molar-refractivity contribution < 1.29 is 4.79 Å². The minimum Gasteiger partial charge on any atom is -0.331 e. The van der Waals surface area contributed by atoms with E-state index in [1.807, 2.05) is 27.8 Å². The Morgan fingerprint density at radius 3 is 2.05 bits per heavy atom. The lowest BCUT2D eigenvalue weighted by Crippen LogP contribution is -2.43. The predicted molar refractivity (Wildman–Crippen MR) is 90.3 cm³/mol. The number of thiophene rings is 2. The van der Waals surface area contributed by atoms with Gasteiger partial charge in [0.2, 0.25) is 5.91 Å². The molecule has 114 valence electrons. The Labute approximate surface area is 134 Å². The van der Waals surface area contributed by atoms with Gasteiger partial charge in [-0.2, -0.15) is 0 Å². The second kappa shape index (κ2) is 7.73. The van der Waals surface area contributed by atoms with Crippen molar-refractivity contribution in [2.24, 2.45) is 11.7 Å². The first-order valence-corrected chi connectivity index (χ1v) is 8.91. The van der Waals surface area contributed by atoms with E-state index in [1.54, 1.807) is 22.7 Å². The molecule has 21 heavy (non-hydrogen) atoms. The number of hydrogen-bond acceptors (Lipinski definition) is 4. The summed E-state index contributed by atoms with van der Waals surface area (Å²) in [5, 5.41) is 4.08. The molecule has 2 aromatic heterocycles. The fraction of sp³-hybridized carbons (Fsp3) is 0.438. The third kappa shape index (κ3) is 4.95. The van der Waals surface area contributed by atoms with Gasteiger partial charge in [-0.05, 0) is 35.2 Å². The van der Waals surface area contributed by atoms with Crippen LogP contribution < -0.4 is 5.73 Å². The molecule has 0 aliphatic carbocycles. The molecule has 2 rings (SSSR count). The molecule has 5 heteroatoms. The van der Waals surface area contributed by atoms with Crippen LogP contribution in [0.3, 0.4) is 0 Å². The third-order valence-electron chi connectivity index (χ3n) is 3.21. The van der Waals surface area contributed by atoms with E-state index in [4.69, 9.17) is 5.73 Å². The number of amides is 1. The van der Waals surface area contributed by atoms with Crippen molar-refractivity contribution >= 4 is 28.6 Å². The van der Waals surface area contributed by atoms with Crippen LogP contribution in [-0.4, -0.2) is 16.8 Å². The van der Waals surface area contributed by atoms with Gasteiger partial charge in [0, 0.05) is 9.75 Å². The van der Waals surface area contributed by atoms with Crippen LogP contribution in [0.2, 0.25) is 0 Å². The number of nitrogens with two attached hydrogens (primary N) is 1. The van der Waals surface area contributed by atoms with Crippen LogP contribution in [0.15, 0.2) is 35.0 Å². The zero-order valence-corrected chi connectivity index (χ0v) is 14.1. The van der Waals surface area contributed by atoms with Gasteiger partial charge in [-0.25, -0.2) is 0 Å². The lowest BCUT2D eigenvalue weighted by Gasteiger charge is -2.25. The van der Waals surface area contributed by atoms with Gasteiger partial charge in [0.15, 0.2) is 0 Å². The standard InChI is InChI=1S/C16H22N2OS2/c1-12(2)9-15(17)16(19)18(10-13-5-3-7-20-13)11-14-6-4-8-21-14/h3-8,12,15H,9-11,17H2,1-2H3. The van der Waals surface area contributed by atoms with Gasteiger partial charge in [-0.1, -0.05) is 26.0 Å². The molecule has 0 saturated carbocycles. The summed E-state index contributed by atoms with van der Waals surface area (Å²) in [5.74, 6) is 0.472. The maximum Gasteiger partial charge on any atom is 0.240 e. The molecule has 0 fully saturated rings. The summed E-state index contributed by atoms with van der Waals surface area (Å²) >= 11 is 3.35. The van der Waals surface area contributed by atoms with Gasteiger partial charge >= 0.3 is 0 Å². The Hall–Kier alpha value is -1.17. The van der Waals surface area contributed by atoms with Gasteiger partial charge in [0.05, 0.1) is 19.1 Å². The molecular formula is C16H22N2OS2. The highest BCUT2D eigenvalue weighted by Gasteiger charge is 2.22. The third-order valence-corrected chi connectivity index (χ3v) is 4.93. The lowest BCUT2D eigenvalue weighted by atomic mass is 10.0.